The number of hydrogen-bond donors (Lipinski definition) is 0. The molecule has 6 aromatic carbocycles. The fraction of sp³-hybridized carbons (Fsp3) is 0.0566. The smallest absolute Gasteiger partial charge is 0.333 e. The van der Waals surface area contributed by atoms with Crippen molar-refractivity contribution in [3.63, 3.8) is 0 Å². The Balaban J connectivity index is 1.07. The molecular weight excluding hydrogens is 905 g/mol. The van der Waals surface area contributed by atoms with Gasteiger partial charge in [-0.25, -0.2) is 17.6 Å². The lowest BCUT2D eigenvalue weighted by atomic mass is 9.77. The van der Waals surface area contributed by atoms with Crippen molar-refractivity contribution in [2.24, 2.45) is 0 Å². The lowest BCUT2D eigenvalue weighted by Gasteiger charge is -2.28. The molecule has 326 valence electrons. The predicted octanol–water partition coefficient (Wildman–Crippen LogP) is 11.4. The average molecular weight is 931 g/mol. The first-order valence-electron chi connectivity index (χ1n) is 20.5. The van der Waals surface area contributed by atoms with Crippen molar-refractivity contribution in [1.29, 1.82) is 0 Å². The molecule has 2 aromatic heterocycles. The number of Topliss-reactive ketones (excluding diaryl/α,β-unsaturated/α-hetero) is 4. The Hall–Kier alpha value is -7.94. The maximum absolute atomic E-state index is 15.1. The molecule has 8 nitrogen and oxygen atoms in total. The third-order valence-corrected chi connectivity index (χ3v) is 14.2. The van der Waals surface area contributed by atoms with E-state index in [-0.39, 0.29) is 57.7 Å². The highest BCUT2D eigenvalue weighted by Crippen LogP contribution is 2.54. The van der Waals surface area contributed by atoms with Gasteiger partial charge >= 0.3 is 11.9 Å². The van der Waals surface area contributed by atoms with Gasteiger partial charge in [0.2, 0.25) is 5.41 Å². The number of allylic oxidation sites excluding steroid dienone is 2. The van der Waals surface area contributed by atoms with E-state index in [1.165, 1.54) is 34.8 Å². The molecule has 0 spiro atoms. The normalized spacial score (nSPS) is 14.4. The van der Waals surface area contributed by atoms with E-state index in [0.29, 0.717) is 76.4 Å². The van der Waals surface area contributed by atoms with Gasteiger partial charge in [-0.3, -0.25) is 28.8 Å². The largest absolute Gasteiger partial charge is 0.459 e. The van der Waals surface area contributed by atoms with Crippen molar-refractivity contribution in [3.8, 4) is 11.1 Å². The van der Waals surface area contributed by atoms with Crippen LogP contribution in [0.3, 0.4) is 0 Å². The number of carbonyl (C=O) groups excluding carboxylic acids is 6. The van der Waals surface area contributed by atoms with Crippen molar-refractivity contribution >= 4 is 90.1 Å². The fourth-order valence-corrected chi connectivity index (χ4v) is 11.0. The minimum atomic E-state index is -2.24. The summed E-state index contributed by atoms with van der Waals surface area (Å²) < 4.78 is 69.9. The molecule has 0 N–H and O–H groups in total. The van der Waals surface area contributed by atoms with Crippen LogP contribution < -0.4 is 0 Å². The van der Waals surface area contributed by atoms with Crippen molar-refractivity contribution in [2.45, 2.75) is 18.6 Å². The standard InChI is InChI=1S/C53H26F4O8S2/c54-41-17-33-34(18-42(41)55)48(59)37(47(33)58)15-29-11-27-13-39-31(21-45(27)66-29)32-22-46-28(12-30(67-46)16-38-49(60)35-19-43(56)44(57)20-36(35)50(38)61)14-40(32)53(39,51(62)64-23-25-7-3-1-4-8-25)52(63)65-24-26-9-5-2-6-10-26/h1-22H,23-24H2. The van der Waals surface area contributed by atoms with Crippen LogP contribution in [0.25, 0.3) is 43.5 Å². The Morgan fingerprint density at radius 1 is 0.463 bits per heavy atom. The van der Waals surface area contributed by atoms with Gasteiger partial charge in [0.1, 0.15) is 13.2 Å². The molecule has 8 aromatic rings. The summed E-state index contributed by atoms with van der Waals surface area (Å²) in [6.07, 6.45) is 2.69. The van der Waals surface area contributed by atoms with Crippen LogP contribution in [0.4, 0.5) is 17.6 Å². The van der Waals surface area contributed by atoms with Gasteiger partial charge in [-0.05, 0) is 117 Å². The topological polar surface area (TPSA) is 121 Å². The van der Waals surface area contributed by atoms with Crippen molar-refractivity contribution in [3.05, 3.63) is 210 Å². The first-order valence-corrected chi connectivity index (χ1v) is 22.1. The van der Waals surface area contributed by atoms with Gasteiger partial charge in [-0.15, -0.1) is 22.7 Å². The van der Waals surface area contributed by atoms with Gasteiger partial charge < -0.3 is 9.47 Å². The molecule has 3 aliphatic carbocycles. The summed E-state index contributed by atoms with van der Waals surface area (Å²) in [6, 6.07) is 30.8. The highest BCUT2D eigenvalue weighted by molar-refractivity contribution is 7.20. The van der Waals surface area contributed by atoms with Crippen LogP contribution in [0.1, 0.15) is 73.4 Å². The quantitative estimate of drug-likeness (QED) is 0.0486. The molecular formula is C53H26F4O8S2. The molecule has 0 saturated heterocycles. The zero-order chi connectivity index (χ0) is 46.5. The second-order valence-corrected chi connectivity index (χ2v) is 18.3. The van der Waals surface area contributed by atoms with Crippen LogP contribution in [0.5, 0.6) is 0 Å². The summed E-state index contributed by atoms with van der Waals surface area (Å²) >= 11 is 2.38. The molecule has 0 saturated carbocycles. The van der Waals surface area contributed by atoms with E-state index in [2.05, 4.69) is 0 Å². The van der Waals surface area contributed by atoms with E-state index in [0.717, 1.165) is 0 Å². The Morgan fingerprint density at radius 2 is 0.806 bits per heavy atom. The van der Waals surface area contributed by atoms with E-state index in [1.807, 2.05) is 0 Å². The SMILES string of the molecule is O=C1C(=Cc2cc3cc4c(cc3s2)-c2cc3sc(C=C5C(=O)c6cc(F)c(F)cc6C5=O)cc3cc2C4(C(=O)OCc2ccccc2)C(=O)OCc2ccccc2)C(=O)c2cc(F)c(F)cc21. The minimum Gasteiger partial charge on any atom is -0.459 e. The molecule has 3 aliphatic rings. The van der Waals surface area contributed by atoms with E-state index in [1.54, 1.807) is 97.1 Å². The summed E-state index contributed by atoms with van der Waals surface area (Å²) in [5.41, 5.74) is -1.16. The Labute approximate surface area is 384 Å². The number of halogens is 4. The molecule has 0 bridgehead atoms. The van der Waals surface area contributed by atoms with Crippen molar-refractivity contribution in [1.82, 2.24) is 0 Å². The zero-order valence-electron chi connectivity index (χ0n) is 34.2. The van der Waals surface area contributed by atoms with Gasteiger partial charge in [0.15, 0.2) is 46.4 Å². The number of ketones is 4. The van der Waals surface area contributed by atoms with Gasteiger partial charge in [0.05, 0.1) is 11.1 Å². The van der Waals surface area contributed by atoms with Gasteiger partial charge in [0, 0.05) is 41.4 Å². The van der Waals surface area contributed by atoms with Crippen LogP contribution in [0.15, 0.2) is 132 Å². The van der Waals surface area contributed by atoms with Gasteiger partial charge in [-0.1, -0.05) is 60.7 Å². The van der Waals surface area contributed by atoms with Crippen molar-refractivity contribution < 1.29 is 55.8 Å². The maximum atomic E-state index is 15.1. The van der Waals surface area contributed by atoms with Crippen LogP contribution in [0.2, 0.25) is 0 Å². The van der Waals surface area contributed by atoms with Crippen LogP contribution in [-0.4, -0.2) is 35.1 Å². The van der Waals surface area contributed by atoms with E-state index >= 15 is 9.59 Å². The average Bonchev–Trinajstić information content (AvgIpc) is 4.09. The lowest BCUT2D eigenvalue weighted by Crippen LogP contribution is -2.45. The number of benzene rings is 6. The summed E-state index contributed by atoms with van der Waals surface area (Å²) in [4.78, 5) is 84.4. The second kappa shape index (κ2) is 15.6. The minimum absolute atomic E-state index is 0.203. The number of carbonyl (C=O) groups is 6. The zero-order valence-corrected chi connectivity index (χ0v) is 35.8. The van der Waals surface area contributed by atoms with Gasteiger partial charge in [0.25, 0.3) is 0 Å². The molecule has 67 heavy (non-hydrogen) atoms. The molecule has 2 heterocycles. The highest BCUT2D eigenvalue weighted by Gasteiger charge is 2.58. The van der Waals surface area contributed by atoms with Crippen LogP contribution in [-0.2, 0) is 37.7 Å². The van der Waals surface area contributed by atoms with E-state index < -0.39 is 63.8 Å². The Bertz CT molecular complexity index is 3320. The summed E-state index contributed by atoms with van der Waals surface area (Å²) in [6.45, 7) is -0.406. The summed E-state index contributed by atoms with van der Waals surface area (Å²) in [7, 11) is 0. The molecule has 0 radical (unpaired) electrons. The molecule has 0 fully saturated rings. The Kier molecular flexibility index (Phi) is 9.72. The number of thiophene rings is 2. The number of ether oxygens (including phenoxy) is 2. The molecule has 0 amide bonds. The first kappa shape index (κ1) is 41.7. The predicted molar refractivity (Wildman–Crippen MR) is 242 cm³/mol. The number of fused-ring (bicyclic) bond motifs is 7. The maximum Gasteiger partial charge on any atom is 0.333 e. The first-order chi connectivity index (χ1) is 32.3. The fourth-order valence-electron chi connectivity index (χ4n) is 8.93. The molecule has 11 rings (SSSR count). The lowest BCUT2D eigenvalue weighted by molar-refractivity contribution is -0.164. The van der Waals surface area contributed by atoms with Gasteiger partial charge in [-0.2, -0.15) is 0 Å². The van der Waals surface area contributed by atoms with Crippen LogP contribution >= 0.6 is 22.7 Å². The molecule has 0 aliphatic heterocycles. The van der Waals surface area contributed by atoms with E-state index in [9.17, 15) is 36.7 Å². The number of esters is 2. The molecule has 0 unspecified atom stereocenters. The highest BCUT2D eigenvalue weighted by atomic mass is 32.1. The van der Waals surface area contributed by atoms with E-state index in [4.69, 9.17) is 9.47 Å². The van der Waals surface area contributed by atoms with Crippen LogP contribution in [0, 0.1) is 23.3 Å². The summed E-state index contributed by atoms with van der Waals surface area (Å²) in [5, 5.41) is 1.05. The third kappa shape index (κ3) is 6.62. The number of rotatable bonds is 8. The number of hydrogen-bond acceptors (Lipinski definition) is 10. The third-order valence-electron chi connectivity index (χ3n) is 12.1. The molecule has 14 heteroatoms. The molecule has 0 atom stereocenters. The monoisotopic (exact) mass is 930 g/mol. The second-order valence-electron chi connectivity index (χ2n) is 16.1. The van der Waals surface area contributed by atoms with Crippen molar-refractivity contribution in [2.75, 3.05) is 0 Å². The Morgan fingerprint density at radius 3 is 1.15 bits per heavy atom. The summed E-state index contributed by atoms with van der Waals surface area (Å²) in [5.74, 6) is -10.0.